The standard InChI is InChI=1S/C27H40N2O6/c1-5-33-26(32)20(16-15-19-11-7-6-8-12-19)28-21-18-34-23-14-10-9-13-22(23)29(25(21)31)17-24(30)35-27(2,3)4/h9-10,13-14,19-21,28H,5-8,11-12,15-18H2,1-4H3/t20?,21-/m0/s1. The van der Waals surface area contributed by atoms with Crippen molar-refractivity contribution in [2.24, 2.45) is 5.92 Å². The van der Waals surface area contributed by atoms with Crippen molar-refractivity contribution < 1.29 is 28.6 Å². The first-order chi connectivity index (χ1) is 16.7. The molecule has 1 aliphatic heterocycles. The quantitative estimate of drug-likeness (QED) is 0.525. The summed E-state index contributed by atoms with van der Waals surface area (Å²) in [4.78, 5) is 40.5. The number of carbonyl (C=O) groups is 3. The van der Waals surface area contributed by atoms with Gasteiger partial charge in [-0.1, -0.05) is 44.2 Å². The van der Waals surface area contributed by atoms with Crippen molar-refractivity contribution in [3.05, 3.63) is 24.3 Å². The zero-order chi connectivity index (χ0) is 25.4. The molecule has 0 radical (unpaired) electrons. The Hall–Kier alpha value is -2.61. The van der Waals surface area contributed by atoms with Gasteiger partial charge in [-0.15, -0.1) is 0 Å². The van der Waals surface area contributed by atoms with Crippen LogP contribution in [0.5, 0.6) is 5.75 Å². The highest BCUT2D eigenvalue weighted by Gasteiger charge is 2.36. The molecular weight excluding hydrogens is 448 g/mol. The van der Waals surface area contributed by atoms with Crippen molar-refractivity contribution >= 4 is 23.5 Å². The highest BCUT2D eigenvalue weighted by molar-refractivity contribution is 6.02. The van der Waals surface area contributed by atoms with E-state index >= 15 is 0 Å². The highest BCUT2D eigenvalue weighted by Crippen LogP contribution is 2.32. The number of anilines is 1. The van der Waals surface area contributed by atoms with Crippen molar-refractivity contribution in [1.29, 1.82) is 0 Å². The maximum atomic E-state index is 13.7. The first kappa shape index (κ1) is 27.0. The van der Waals surface area contributed by atoms with E-state index in [4.69, 9.17) is 14.2 Å². The molecule has 194 valence electrons. The van der Waals surface area contributed by atoms with Crippen LogP contribution in [0.15, 0.2) is 24.3 Å². The summed E-state index contributed by atoms with van der Waals surface area (Å²) in [5.74, 6) is -0.120. The molecule has 1 unspecified atom stereocenters. The molecule has 35 heavy (non-hydrogen) atoms. The molecule has 0 bridgehead atoms. The Bertz CT molecular complexity index is 875. The summed E-state index contributed by atoms with van der Waals surface area (Å²) in [5, 5.41) is 3.21. The molecule has 1 fully saturated rings. The van der Waals surface area contributed by atoms with Gasteiger partial charge in [-0.2, -0.15) is 0 Å². The first-order valence-corrected chi connectivity index (χ1v) is 12.9. The van der Waals surface area contributed by atoms with Crippen LogP contribution in [0.2, 0.25) is 0 Å². The van der Waals surface area contributed by atoms with Crippen LogP contribution in [0.4, 0.5) is 5.69 Å². The number of amides is 1. The lowest BCUT2D eigenvalue weighted by Gasteiger charge is -2.29. The molecule has 0 spiro atoms. The fourth-order valence-corrected chi connectivity index (χ4v) is 4.77. The van der Waals surface area contributed by atoms with E-state index in [2.05, 4.69) is 5.32 Å². The summed E-state index contributed by atoms with van der Waals surface area (Å²) < 4.78 is 16.7. The minimum absolute atomic E-state index is 0.0417. The van der Waals surface area contributed by atoms with Crippen molar-refractivity contribution in [3.8, 4) is 5.75 Å². The van der Waals surface area contributed by atoms with E-state index in [9.17, 15) is 14.4 Å². The van der Waals surface area contributed by atoms with E-state index in [1.165, 1.54) is 37.0 Å². The number of rotatable bonds is 9. The topological polar surface area (TPSA) is 94.2 Å². The molecule has 8 heteroatoms. The van der Waals surface area contributed by atoms with E-state index in [1.807, 2.05) is 6.07 Å². The Labute approximate surface area is 208 Å². The maximum Gasteiger partial charge on any atom is 0.326 e. The fourth-order valence-electron chi connectivity index (χ4n) is 4.77. The van der Waals surface area contributed by atoms with Crippen LogP contribution in [0.1, 0.15) is 72.6 Å². The van der Waals surface area contributed by atoms with Gasteiger partial charge in [-0.05, 0) is 58.6 Å². The smallest absolute Gasteiger partial charge is 0.326 e. The fraction of sp³-hybridized carbons (Fsp3) is 0.667. The van der Waals surface area contributed by atoms with E-state index < -0.39 is 23.7 Å². The molecule has 1 saturated carbocycles. The van der Waals surface area contributed by atoms with Gasteiger partial charge in [-0.3, -0.25) is 24.6 Å². The summed E-state index contributed by atoms with van der Waals surface area (Å²) in [6.45, 7) is 7.19. The average molecular weight is 489 g/mol. The number of hydrogen-bond donors (Lipinski definition) is 1. The van der Waals surface area contributed by atoms with E-state index in [1.54, 1.807) is 45.9 Å². The SMILES string of the molecule is CCOC(=O)C(CCC1CCCCC1)N[C@H]1COc2ccccc2N(CC(=O)OC(C)(C)C)C1=O. The molecule has 1 amide bonds. The Morgan fingerprint density at radius 2 is 1.89 bits per heavy atom. The number of esters is 2. The lowest BCUT2D eigenvalue weighted by Crippen LogP contribution is -2.55. The molecule has 0 aromatic heterocycles. The molecule has 3 rings (SSSR count). The molecule has 2 atom stereocenters. The second kappa shape index (κ2) is 12.4. The Morgan fingerprint density at radius 3 is 2.57 bits per heavy atom. The van der Waals surface area contributed by atoms with Crippen LogP contribution in [-0.2, 0) is 23.9 Å². The number of nitrogens with zero attached hydrogens (tertiary/aromatic N) is 1. The highest BCUT2D eigenvalue weighted by atomic mass is 16.6. The average Bonchev–Trinajstić information content (AvgIpc) is 2.93. The molecular formula is C27H40N2O6. The molecule has 2 aliphatic rings. The van der Waals surface area contributed by atoms with Gasteiger partial charge in [0.1, 0.15) is 36.6 Å². The summed E-state index contributed by atoms with van der Waals surface area (Å²) in [6, 6.07) is 5.67. The van der Waals surface area contributed by atoms with E-state index in [0.29, 0.717) is 23.8 Å². The summed E-state index contributed by atoms with van der Waals surface area (Å²) in [5.41, 5.74) is -0.170. The number of nitrogens with one attached hydrogen (secondary N) is 1. The Morgan fingerprint density at radius 1 is 1.17 bits per heavy atom. The van der Waals surface area contributed by atoms with Crippen LogP contribution in [0.25, 0.3) is 0 Å². The van der Waals surface area contributed by atoms with Crippen LogP contribution in [-0.4, -0.2) is 55.3 Å². The van der Waals surface area contributed by atoms with Crippen LogP contribution in [0.3, 0.4) is 0 Å². The van der Waals surface area contributed by atoms with Gasteiger partial charge in [0.2, 0.25) is 5.91 Å². The summed E-state index contributed by atoms with van der Waals surface area (Å²) >= 11 is 0. The van der Waals surface area contributed by atoms with Crippen LogP contribution < -0.4 is 15.0 Å². The third kappa shape index (κ3) is 7.95. The minimum Gasteiger partial charge on any atom is -0.489 e. The maximum absolute atomic E-state index is 13.7. The molecule has 1 aromatic rings. The van der Waals surface area contributed by atoms with Gasteiger partial charge in [0.05, 0.1) is 12.3 Å². The molecule has 1 heterocycles. The monoisotopic (exact) mass is 488 g/mol. The number of benzene rings is 1. The number of carbonyl (C=O) groups excluding carboxylic acids is 3. The predicted octanol–water partition coefficient (Wildman–Crippen LogP) is 4.00. The molecule has 0 saturated heterocycles. The summed E-state index contributed by atoms with van der Waals surface area (Å²) in [7, 11) is 0. The van der Waals surface area contributed by atoms with Gasteiger partial charge in [0.25, 0.3) is 0 Å². The normalized spacial score (nSPS) is 19.8. The van der Waals surface area contributed by atoms with Gasteiger partial charge >= 0.3 is 11.9 Å². The van der Waals surface area contributed by atoms with Crippen molar-refractivity contribution in [2.45, 2.75) is 90.3 Å². The molecule has 8 nitrogen and oxygen atoms in total. The van der Waals surface area contributed by atoms with Gasteiger partial charge in [0, 0.05) is 0 Å². The molecule has 1 aromatic carbocycles. The Balaban J connectivity index is 1.77. The zero-order valence-electron chi connectivity index (χ0n) is 21.5. The van der Waals surface area contributed by atoms with Gasteiger partial charge in [0.15, 0.2) is 0 Å². The number of para-hydroxylation sites is 2. The Kier molecular flexibility index (Phi) is 9.55. The van der Waals surface area contributed by atoms with E-state index in [-0.39, 0.29) is 31.6 Å². The third-order valence-corrected chi connectivity index (χ3v) is 6.39. The predicted molar refractivity (Wildman–Crippen MR) is 133 cm³/mol. The minimum atomic E-state index is -0.814. The van der Waals surface area contributed by atoms with Gasteiger partial charge in [-0.25, -0.2) is 0 Å². The van der Waals surface area contributed by atoms with Crippen molar-refractivity contribution in [1.82, 2.24) is 5.32 Å². The second-order valence-corrected chi connectivity index (χ2v) is 10.4. The first-order valence-electron chi connectivity index (χ1n) is 12.9. The van der Waals surface area contributed by atoms with Crippen LogP contribution in [0, 0.1) is 5.92 Å². The lowest BCUT2D eigenvalue weighted by molar-refractivity contribution is -0.154. The van der Waals surface area contributed by atoms with E-state index in [0.717, 1.165) is 6.42 Å². The zero-order valence-corrected chi connectivity index (χ0v) is 21.5. The number of fused-ring (bicyclic) bond motifs is 1. The largest absolute Gasteiger partial charge is 0.489 e. The van der Waals surface area contributed by atoms with Gasteiger partial charge < -0.3 is 14.2 Å². The number of ether oxygens (including phenoxy) is 3. The van der Waals surface area contributed by atoms with Crippen LogP contribution >= 0.6 is 0 Å². The summed E-state index contributed by atoms with van der Waals surface area (Å²) in [6.07, 6.45) is 7.59. The third-order valence-electron chi connectivity index (χ3n) is 6.39. The van der Waals surface area contributed by atoms with Crippen molar-refractivity contribution in [3.63, 3.8) is 0 Å². The molecule has 1 N–H and O–H groups in total. The lowest BCUT2D eigenvalue weighted by atomic mass is 9.85. The van der Waals surface area contributed by atoms with Crippen molar-refractivity contribution in [2.75, 3.05) is 24.7 Å². The number of hydrogen-bond acceptors (Lipinski definition) is 7. The molecule has 1 aliphatic carbocycles. The second-order valence-electron chi connectivity index (χ2n) is 10.4.